The van der Waals surface area contributed by atoms with E-state index in [-0.39, 0.29) is 0 Å². The maximum atomic E-state index is 3.86. The van der Waals surface area contributed by atoms with Gasteiger partial charge in [-0.1, -0.05) is 33.1 Å². The smallest absolute Gasteiger partial charge is 0.0192 e. The molecule has 0 aromatic carbocycles. The van der Waals surface area contributed by atoms with E-state index in [1.807, 2.05) is 0 Å². The first-order chi connectivity index (χ1) is 8.27. The van der Waals surface area contributed by atoms with Gasteiger partial charge in [0, 0.05) is 18.6 Å². The molecule has 2 N–H and O–H groups in total. The number of hydrogen-bond acceptors (Lipinski definition) is 2. The molecule has 3 unspecified atom stereocenters. The van der Waals surface area contributed by atoms with Crippen LogP contribution in [-0.4, -0.2) is 25.2 Å². The lowest BCUT2D eigenvalue weighted by molar-refractivity contribution is 0.198. The molecular weight excluding hydrogens is 208 g/mol. The van der Waals surface area contributed by atoms with E-state index < -0.39 is 0 Å². The lowest BCUT2D eigenvalue weighted by Gasteiger charge is -2.36. The van der Waals surface area contributed by atoms with E-state index in [0.717, 1.165) is 23.9 Å². The Morgan fingerprint density at radius 1 is 1.06 bits per heavy atom. The quantitative estimate of drug-likeness (QED) is 0.787. The summed E-state index contributed by atoms with van der Waals surface area (Å²) in [6, 6.07) is 1.52. The molecule has 2 heteroatoms. The van der Waals surface area contributed by atoms with Gasteiger partial charge in [-0.15, -0.1) is 0 Å². The molecule has 2 fully saturated rings. The van der Waals surface area contributed by atoms with Crippen molar-refractivity contribution in [3.05, 3.63) is 0 Å². The van der Waals surface area contributed by atoms with Crippen LogP contribution in [-0.2, 0) is 0 Å². The summed E-state index contributed by atoms with van der Waals surface area (Å²) in [6.45, 7) is 7.20. The van der Waals surface area contributed by atoms with E-state index in [0.29, 0.717) is 0 Å². The number of hydrogen-bond donors (Lipinski definition) is 2. The predicted molar refractivity (Wildman–Crippen MR) is 74.2 cm³/mol. The monoisotopic (exact) mass is 238 g/mol. The predicted octanol–water partition coefficient (Wildman–Crippen LogP) is 2.93. The highest BCUT2D eigenvalue weighted by Crippen LogP contribution is 2.30. The first-order valence-electron chi connectivity index (χ1n) is 7.74. The van der Waals surface area contributed by atoms with Gasteiger partial charge in [0.15, 0.2) is 0 Å². The Labute approximate surface area is 107 Å². The molecule has 2 nitrogen and oxygen atoms in total. The van der Waals surface area contributed by atoms with Gasteiger partial charge in [-0.3, -0.25) is 0 Å². The first kappa shape index (κ1) is 13.4. The molecule has 0 radical (unpaired) electrons. The molecule has 0 amide bonds. The fourth-order valence-corrected chi connectivity index (χ4v) is 3.60. The van der Waals surface area contributed by atoms with Crippen LogP contribution in [0.25, 0.3) is 0 Å². The van der Waals surface area contributed by atoms with Crippen molar-refractivity contribution in [3.8, 4) is 0 Å². The van der Waals surface area contributed by atoms with E-state index in [2.05, 4.69) is 24.5 Å². The average molecular weight is 238 g/mol. The largest absolute Gasteiger partial charge is 0.313 e. The Bertz CT molecular complexity index is 209. The van der Waals surface area contributed by atoms with Crippen LogP contribution < -0.4 is 10.6 Å². The Morgan fingerprint density at radius 2 is 1.82 bits per heavy atom. The fourth-order valence-electron chi connectivity index (χ4n) is 3.60. The average Bonchev–Trinajstić information content (AvgIpc) is 2.38. The van der Waals surface area contributed by atoms with Gasteiger partial charge in [0.05, 0.1) is 0 Å². The molecule has 0 bridgehead atoms. The molecule has 0 spiro atoms. The molecule has 1 aliphatic carbocycles. The Balaban J connectivity index is 1.75. The molecule has 2 rings (SSSR count). The van der Waals surface area contributed by atoms with Crippen molar-refractivity contribution >= 4 is 0 Å². The highest BCUT2D eigenvalue weighted by atomic mass is 15.0. The summed E-state index contributed by atoms with van der Waals surface area (Å²) in [7, 11) is 0. The van der Waals surface area contributed by atoms with Crippen molar-refractivity contribution in [2.24, 2.45) is 11.8 Å². The Morgan fingerprint density at radius 3 is 2.53 bits per heavy atom. The van der Waals surface area contributed by atoms with Gasteiger partial charge in [-0.05, 0) is 44.1 Å². The summed E-state index contributed by atoms with van der Waals surface area (Å²) >= 11 is 0. The van der Waals surface area contributed by atoms with Crippen LogP contribution in [0.1, 0.15) is 58.8 Å². The minimum absolute atomic E-state index is 0.735. The molecule has 1 saturated carbocycles. The van der Waals surface area contributed by atoms with Crippen LogP contribution in [0.5, 0.6) is 0 Å². The van der Waals surface area contributed by atoms with Gasteiger partial charge in [0.25, 0.3) is 0 Å². The maximum Gasteiger partial charge on any atom is 0.0192 e. The third-order valence-corrected chi connectivity index (χ3v) is 4.71. The molecule has 1 aliphatic heterocycles. The zero-order valence-electron chi connectivity index (χ0n) is 11.7. The summed E-state index contributed by atoms with van der Waals surface area (Å²) in [5.41, 5.74) is 0. The van der Waals surface area contributed by atoms with Crippen LogP contribution in [0.3, 0.4) is 0 Å². The number of rotatable bonds is 4. The van der Waals surface area contributed by atoms with E-state index in [4.69, 9.17) is 0 Å². The van der Waals surface area contributed by atoms with Crippen LogP contribution in [0.4, 0.5) is 0 Å². The lowest BCUT2D eigenvalue weighted by atomic mass is 9.78. The van der Waals surface area contributed by atoms with Crippen molar-refractivity contribution in [1.82, 2.24) is 10.6 Å². The topological polar surface area (TPSA) is 24.1 Å². The number of piperidine rings is 1. The van der Waals surface area contributed by atoms with Gasteiger partial charge in [-0.2, -0.15) is 0 Å². The normalized spacial score (nSPS) is 35.1. The summed E-state index contributed by atoms with van der Waals surface area (Å²) in [5, 5.41) is 7.50. The van der Waals surface area contributed by atoms with Gasteiger partial charge < -0.3 is 10.6 Å². The van der Waals surface area contributed by atoms with Crippen LogP contribution in [0, 0.1) is 11.8 Å². The van der Waals surface area contributed by atoms with Gasteiger partial charge in [0.1, 0.15) is 0 Å². The highest BCUT2D eigenvalue weighted by Gasteiger charge is 2.27. The van der Waals surface area contributed by atoms with Crippen molar-refractivity contribution in [3.63, 3.8) is 0 Å². The Hall–Kier alpha value is -0.0800. The zero-order valence-corrected chi connectivity index (χ0v) is 11.7. The molecule has 0 aromatic rings. The zero-order chi connectivity index (χ0) is 12.1. The molecule has 2 aliphatic rings. The minimum atomic E-state index is 0.735. The summed E-state index contributed by atoms with van der Waals surface area (Å²) in [5.74, 6) is 1.75. The fraction of sp³-hybridized carbons (Fsp3) is 1.00. The summed E-state index contributed by atoms with van der Waals surface area (Å²) in [4.78, 5) is 0. The molecule has 1 saturated heterocycles. The lowest BCUT2D eigenvalue weighted by Crippen LogP contribution is -2.48. The first-order valence-corrected chi connectivity index (χ1v) is 7.74. The van der Waals surface area contributed by atoms with E-state index in [1.54, 1.807) is 0 Å². The third kappa shape index (κ3) is 3.96. The minimum Gasteiger partial charge on any atom is -0.313 e. The standard InChI is InChI=1S/C15H30N2/c1-12(2)14-8-3-4-9-15(14)17-11-13-7-5-6-10-16-13/h12-17H,3-11H2,1-2H3. The molecular formula is C15H30N2. The third-order valence-electron chi connectivity index (χ3n) is 4.71. The second kappa shape index (κ2) is 6.75. The molecule has 100 valence electrons. The van der Waals surface area contributed by atoms with Crippen molar-refractivity contribution in [2.75, 3.05) is 13.1 Å². The molecule has 17 heavy (non-hydrogen) atoms. The van der Waals surface area contributed by atoms with E-state index >= 15 is 0 Å². The summed E-state index contributed by atoms with van der Waals surface area (Å²) in [6.07, 6.45) is 9.86. The number of nitrogens with one attached hydrogen (secondary N) is 2. The van der Waals surface area contributed by atoms with Crippen LogP contribution in [0.15, 0.2) is 0 Å². The molecule has 3 atom stereocenters. The van der Waals surface area contributed by atoms with Gasteiger partial charge in [0.2, 0.25) is 0 Å². The van der Waals surface area contributed by atoms with Crippen molar-refractivity contribution in [2.45, 2.75) is 70.9 Å². The second-order valence-electron chi connectivity index (χ2n) is 6.35. The molecule has 1 heterocycles. The second-order valence-corrected chi connectivity index (χ2v) is 6.35. The SMILES string of the molecule is CC(C)C1CCCCC1NCC1CCCCN1. The maximum absolute atomic E-state index is 3.86. The Kier molecular flexibility index (Phi) is 5.30. The van der Waals surface area contributed by atoms with Crippen molar-refractivity contribution in [1.29, 1.82) is 0 Å². The van der Waals surface area contributed by atoms with E-state index in [9.17, 15) is 0 Å². The molecule has 0 aromatic heterocycles. The van der Waals surface area contributed by atoms with Gasteiger partial charge >= 0.3 is 0 Å². The summed E-state index contributed by atoms with van der Waals surface area (Å²) < 4.78 is 0. The van der Waals surface area contributed by atoms with Crippen LogP contribution >= 0.6 is 0 Å². The van der Waals surface area contributed by atoms with Crippen molar-refractivity contribution < 1.29 is 0 Å². The van der Waals surface area contributed by atoms with Gasteiger partial charge in [-0.25, -0.2) is 0 Å². The van der Waals surface area contributed by atoms with Crippen LogP contribution in [0.2, 0.25) is 0 Å². The highest BCUT2D eigenvalue weighted by molar-refractivity contribution is 4.85. The van der Waals surface area contributed by atoms with E-state index in [1.165, 1.54) is 58.0 Å².